The normalized spacial score (nSPS) is 13.4. The molecule has 150 valence electrons. The number of nitrogens with zero attached hydrogens (tertiary/aromatic N) is 3. The van der Waals surface area contributed by atoms with Crippen LogP contribution < -0.4 is 11.0 Å². The predicted molar refractivity (Wildman–Crippen MR) is 115 cm³/mol. The van der Waals surface area contributed by atoms with E-state index in [1.807, 2.05) is 54.6 Å². The van der Waals surface area contributed by atoms with Crippen LogP contribution in [0, 0.1) is 0 Å². The van der Waals surface area contributed by atoms with Gasteiger partial charge in [0, 0.05) is 17.4 Å². The first-order valence-electron chi connectivity index (χ1n) is 9.94. The highest BCUT2D eigenvalue weighted by molar-refractivity contribution is 7.99. The predicted octanol–water partition coefficient (Wildman–Crippen LogP) is 3.45. The summed E-state index contributed by atoms with van der Waals surface area (Å²) in [5, 5.41) is 7.50. The molecule has 4 rings (SSSR count). The molecule has 1 saturated carbocycles. The molecule has 0 bridgehead atoms. The zero-order chi connectivity index (χ0) is 20.2. The van der Waals surface area contributed by atoms with E-state index in [9.17, 15) is 9.59 Å². The van der Waals surface area contributed by atoms with Gasteiger partial charge in [-0.25, -0.2) is 14.0 Å². The van der Waals surface area contributed by atoms with E-state index in [1.165, 1.54) is 4.68 Å². The summed E-state index contributed by atoms with van der Waals surface area (Å²) in [6, 6.07) is 17.2. The third kappa shape index (κ3) is 4.29. The van der Waals surface area contributed by atoms with Crippen molar-refractivity contribution in [1.82, 2.24) is 19.7 Å². The number of carbonyl (C=O) groups is 1. The van der Waals surface area contributed by atoms with Gasteiger partial charge in [-0.2, -0.15) is 5.10 Å². The maximum Gasteiger partial charge on any atom is 0.350 e. The van der Waals surface area contributed by atoms with Crippen LogP contribution in [-0.2, 0) is 6.54 Å². The summed E-state index contributed by atoms with van der Waals surface area (Å²) in [6.07, 6.45) is 2.12. The molecule has 1 heterocycles. The van der Waals surface area contributed by atoms with Crippen LogP contribution in [0.2, 0.25) is 0 Å². The monoisotopic (exact) mass is 408 g/mol. The van der Waals surface area contributed by atoms with Gasteiger partial charge in [0.05, 0.1) is 17.8 Å². The first-order valence-corrected chi connectivity index (χ1v) is 10.9. The van der Waals surface area contributed by atoms with Crippen molar-refractivity contribution in [2.45, 2.75) is 37.1 Å². The summed E-state index contributed by atoms with van der Waals surface area (Å²) in [5.74, 6) is 1.94. The maximum atomic E-state index is 13.0. The molecule has 6 nitrogen and oxygen atoms in total. The van der Waals surface area contributed by atoms with Crippen molar-refractivity contribution in [3.05, 3.63) is 76.5 Å². The molecule has 1 fully saturated rings. The number of benzene rings is 2. The lowest BCUT2D eigenvalue weighted by atomic mass is 10.2. The van der Waals surface area contributed by atoms with Gasteiger partial charge in [-0.1, -0.05) is 37.3 Å². The molecule has 1 aliphatic carbocycles. The fourth-order valence-electron chi connectivity index (χ4n) is 3.30. The molecule has 0 spiro atoms. The van der Waals surface area contributed by atoms with E-state index in [4.69, 9.17) is 0 Å². The molecule has 29 heavy (non-hydrogen) atoms. The Morgan fingerprint density at radius 1 is 1.14 bits per heavy atom. The van der Waals surface area contributed by atoms with E-state index >= 15 is 0 Å². The van der Waals surface area contributed by atoms with Gasteiger partial charge in [0.25, 0.3) is 5.91 Å². The molecule has 3 aromatic rings. The molecule has 0 aliphatic heterocycles. The zero-order valence-electron chi connectivity index (χ0n) is 16.4. The molecule has 1 aliphatic rings. The van der Waals surface area contributed by atoms with Crippen molar-refractivity contribution in [3.63, 3.8) is 0 Å². The summed E-state index contributed by atoms with van der Waals surface area (Å²) in [4.78, 5) is 26.5. The van der Waals surface area contributed by atoms with Crippen LogP contribution in [0.3, 0.4) is 0 Å². The highest BCUT2D eigenvalue weighted by Gasteiger charge is 2.31. The first-order chi connectivity index (χ1) is 14.2. The van der Waals surface area contributed by atoms with Gasteiger partial charge in [0.1, 0.15) is 5.82 Å². The highest BCUT2D eigenvalue weighted by atomic mass is 32.2. The van der Waals surface area contributed by atoms with Gasteiger partial charge < -0.3 is 5.32 Å². The Bertz CT molecular complexity index is 1050. The second-order valence-electron chi connectivity index (χ2n) is 6.99. The second-order valence-corrected chi connectivity index (χ2v) is 8.30. The third-order valence-electron chi connectivity index (χ3n) is 4.86. The Morgan fingerprint density at radius 3 is 2.59 bits per heavy atom. The van der Waals surface area contributed by atoms with E-state index in [-0.39, 0.29) is 11.6 Å². The van der Waals surface area contributed by atoms with Gasteiger partial charge in [-0.05, 0) is 42.9 Å². The Balaban J connectivity index is 1.48. The lowest BCUT2D eigenvalue weighted by Crippen LogP contribution is -2.32. The zero-order valence-corrected chi connectivity index (χ0v) is 17.2. The fourth-order valence-corrected chi connectivity index (χ4v) is 4.10. The van der Waals surface area contributed by atoms with E-state index < -0.39 is 0 Å². The smallest absolute Gasteiger partial charge is 0.350 e. The summed E-state index contributed by atoms with van der Waals surface area (Å²) < 4.78 is 3.17. The number of para-hydroxylation sites is 1. The molecule has 1 aromatic heterocycles. The topological polar surface area (TPSA) is 68.9 Å². The second kappa shape index (κ2) is 8.69. The molecule has 7 heteroatoms. The maximum absolute atomic E-state index is 13.0. The van der Waals surface area contributed by atoms with Crippen molar-refractivity contribution < 1.29 is 4.79 Å². The Hall–Kier alpha value is -2.80. The number of thioether (sulfide) groups is 1. The lowest BCUT2D eigenvalue weighted by Gasteiger charge is -2.09. The number of amides is 1. The summed E-state index contributed by atoms with van der Waals surface area (Å²) in [6.45, 7) is 2.75. The van der Waals surface area contributed by atoms with Gasteiger partial charge in [0.2, 0.25) is 0 Å². The SMILES string of the molecule is CCSc1ccccc1C(=O)NCCn1nc(C2CC2)n(-c2ccccc2)c1=O. The van der Waals surface area contributed by atoms with Crippen molar-refractivity contribution in [2.24, 2.45) is 0 Å². The van der Waals surface area contributed by atoms with Crippen LogP contribution in [0.1, 0.15) is 41.9 Å². The molecule has 0 atom stereocenters. The van der Waals surface area contributed by atoms with Gasteiger partial charge in [0.15, 0.2) is 0 Å². The minimum absolute atomic E-state index is 0.125. The number of aromatic nitrogens is 3. The number of hydrogen-bond acceptors (Lipinski definition) is 4. The van der Waals surface area contributed by atoms with E-state index in [2.05, 4.69) is 17.3 Å². The summed E-state index contributed by atoms with van der Waals surface area (Å²) in [7, 11) is 0. The van der Waals surface area contributed by atoms with Gasteiger partial charge in [-0.3, -0.25) is 4.79 Å². The van der Waals surface area contributed by atoms with Crippen molar-refractivity contribution in [1.29, 1.82) is 0 Å². The lowest BCUT2D eigenvalue weighted by molar-refractivity contribution is 0.0949. The van der Waals surface area contributed by atoms with E-state index in [1.54, 1.807) is 16.3 Å². The number of carbonyl (C=O) groups excluding carboxylic acids is 1. The van der Waals surface area contributed by atoms with Crippen LogP contribution in [0.4, 0.5) is 0 Å². The number of nitrogens with one attached hydrogen (secondary N) is 1. The number of rotatable bonds is 8. The van der Waals surface area contributed by atoms with Crippen LogP contribution in [0.15, 0.2) is 64.3 Å². The minimum Gasteiger partial charge on any atom is -0.350 e. The molecular formula is C22H24N4O2S. The summed E-state index contributed by atoms with van der Waals surface area (Å²) in [5.41, 5.74) is 1.34. The highest BCUT2D eigenvalue weighted by Crippen LogP contribution is 2.39. The van der Waals surface area contributed by atoms with E-state index in [0.717, 1.165) is 35.0 Å². The van der Waals surface area contributed by atoms with Gasteiger partial charge >= 0.3 is 5.69 Å². The molecule has 1 amide bonds. The van der Waals surface area contributed by atoms with Crippen molar-refractivity contribution >= 4 is 17.7 Å². The van der Waals surface area contributed by atoms with Crippen LogP contribution >= 0.6 is 11.8 Å². The molecule has 2 aromatic carbocycles. The van der Waals surface area contributed by atoms with E-state index in [0.29, 0.717) is 24.6 Å². The Morgan fingerprint density at radius 2 is 1.86 bits per heavy atom. The third-order valence-corrected chi connectivity index (χ3v) is 5.82. The van der Waals surface area contributed by atoms with Crippen molar-refractivity contribution in [2.75, 3.05) is 12.3 Å². The molecule has 1 N–H and O–H groups in total. The largest absolute Gasteiger partial charge is 0.350 e. The van der Waals surface area contributed by atoms with Crippen LogP contribution in [0.5, 0.6) is 0 Å². The summed E-state index contributed by atoms with van der Waals surface area (Å²) >= 11 is 1.64. The van der Waals surface area contributed by atoms with Gasteiger partial charge in [-0.15, -0.1) is 11.8 Å². The standard InChI is InChI=1S/C22H24N4O2S/c1-2-29-19-11-7-6-10-18(19)21(27)23-14-15-25-22(28)26(17-8-4-3-5-9-17)20(24-25)16-12-13-16/h3-11,16H,2,12-15H2,1H3,(H,23,27). The molecule has 0 saturated heterocycles. The Kier molecular flexibility index (Phi) is 5.85. The van der Waals surface area contributed by atoms with Crippen molar-refractivity contribution in [3.8, 4) is 5.69 Å². The quantitative estimate of drug-likeness (QED) is 0.580. The minimum atomic E-state index is -0.158. The fraction of sp³-hybridized carbons (Fsp3) is 0.318. The van der Waals surface area contributed by atoms with Crippen LogP contribution in [-0.4, -0.2) is 32.6 Å². The molecular weight excluding hydrogens is 384 g/mol. The average molecular weight is 409 g/mol. The number of hydrogen-bond donors (Lipinski definition) is 1. The Labute approximate surface area is 173 Å². The van der Waals surface area contributed by atoms with Crippen LogP contribution in [0.25, 0.3) is 5.69 Å². The molecule has 0 radical (unpaired) electrons. The average Bonchev–Trinajstić information content (AvgIpc) is 3.54. The first kappa shape index (κ1) is 19.5. The molecule has 0 unspecified atom stereocenters.